The Kier molecular flexibility index (Phi) is 5.03. The van der Waals surface area contributed by atoms with Crippen molar-refractivity contribution in [2.24, 2.45) is 5.92 Å². The molecule has 2 saturated heterocycles. The lowest BCUT2D eigenvalue weighted by Crippen LogP contribution is -2.46. The van der Waals surface area contributed by atoms with Crippen LogP contribution in [0, 0.1) is 18.3 Å². The Morgan fingerprint density at radius 1 is 1.29 bits per heavy atom. The van der Waals surface area contributed by atoms with Crippen molar-refractivity contribution in [3.05, 3.63) is 34.3 Å². The van der Waals surface area contributed by atoms with Crippen molar-refractivity contribution in [3.63, 3.8) is 0 Å². The molecule has 1 aromatic carbocycles. The van der Waals surface area contributed by atoms with Crippen molar-refractivity contribution in [3.8, 4) is 12.3 Å². The van der Waals surface area contributed by atoms with E-state index in [0.29, 0.717) is 31.1 Å². The SMILES string of the molecule is C#CC1CCCN1C(=O)[C@@H]1C[C@@H](CC(=O)N2Cc3ccc(Cl)cc3C2)C(=O)N1. The van der Waals surface area contributed by atoms with Crippen LogP contribution in [0.2, 0.25) is 5.02 Å². The molecule has 0 bridgehead atoms. The highest BCUT2D eigenvalue weighted by molar-refractivity contribution is 6.30. The Hall–Kier alpha value is -2.52. The van der Waals surface area contributed by atoms with E-state index in [4.69, 9.17) is 18.0 Å². The standard InChI is InChI=1S/C21H22ClN3O3/c1-2-17-4-3-7-25(17)21(28)18-9-14(20(27)23-18)10-19(26)24-11-13-5-6-16(22)8-15(13)12-24/h1,5-6,8,14,17-18H,3-4,7,9-12H2,(H,23,27)/t14-,17?,18-/m0/s1. The third kappa shape index (κ3) is 3.47. The van der Waals surface area contributed by atoms with Gasteiger partial charge < -0.3 is 15.1 Å². The van der Waals surface area contributed by atoms with Crippen LogP contribution in [0.4, 0.5) is 0 Å². The summed E-state index contributed by atoms with van der Waals surface area (Å²) in [4.78, 5) is 41.2. The fourth-order valence-corrected chi connectivity index (χ4v) is 4.56. The molecule has 4 rings (SSSR count). The van der Waals surface area contributed by atoms with Gasteiger partial charge in [-0.2, -0.15) is 0 Å². The molecule has 1 unspecified atom stereocenters. The van der Waals surface area contributed by atoms with Crippen LogP contribution in [0.3, 0.4) is 0 Å². The zero-order chi connectivity index (χ0) is 19.8. The molecule has 3 aliphatic heterocycles. The summed E-state index contributed by atoms with van der Waals surface area (Å²) >= 11 is 6.02. The highest BCUT2D eigenvalue weighted by atomic mass is 35.5. The van der Waals surface area contributed by atoms with E-state index >= 15 is 0 Å². The number of amides is 3. The molecule has 0 aromatic heterocycles. The number of hydrogen-bond donors (Lipinski definition) is 1. The first-order valence-electron chi connectivity index (χ1n) is 9.58. The summed E-state index contributed by atoms with van der Waals surface area (Å²) in [5.74, 6) is 1.71. The maximum Gasteiger partial charge on any atom is 0.246 e. The molecule has 6 nitrogen and oxygen atoms in total. The smallest absolute Gasteiger partial charge is 0.246 e. The highest BCUT2D eigenvalue weighted by Gasteiger charge is 2.41. The number of hydrogen-bond acceptors (Lipinski definition) is 3. The maximum absolute atomic E-state index is 12.7. The van der Waals surface area contributed by atoms with E-state index in [-0.39, 0.29) is 30.2 Å². The first-order chi connectivity index (χ1) is 13.5. The molecular weight excluding hydrogens is 378 g/mol. The molecule has 3 heterocycles. The average Bonchev–Trinajstić information content (AvgIpc) is 3.39. The van der Waals surface area contributed by atoms with Crippen molar-refractivity contribution < 1.29 is 14.4 Å². The number of nitrogens with one attached hydrogen (secondary N) is 1. The van der Waals surface area contributed by atoms with Crippen LogP contribution in [0.15, 0.2) is 18.2 Å². The lowest BCUT2D eigenvalue weighted by Gasteiger charge is -2.24. The molecule has 0 saturated carbocycles. The summed E-state index contributed by atoms with van der Waals surface area (Å²) in [7, 11) is 0. The molecule has 0 radical (unpaired) electrons. The molecule has 0 spiro atoms. The Bertz CT molecular complexity index is 878. The van der Waals surface area contributed by atoms with Crippen LogP contribution in [-0.2, 0) is 27.5 Å². The summed E-state index contributed by atoms with van der Waals surface area (Å²) in [6, 6.07) is 4.84. The van der Waals surface area contributed by atoms with E-state index in [1.165, 1.54) is 0 Å². The van der Waals surface area contributed by atoms with E-state index < -0.39 is 12.0 Å². The van der Waals surface area contributed by atoms with Gasteiger partial charge in [0.25, 0.3) is 0 Å². The molecule has 1 N–H and O–H groups in total. The number of fused-ring (bicyclic) bond motifs is 1. The van der Waals surface area contributed by atoms with E-state index in [9.17, 15) is 14.4 Å². The van der Waals surface area contributed by atoms with Gasteiger partial charge in [-0.1, -0.05) is 23.6 Å². The number of likely N-dealkylation sites (tertiary alicyclic amines) is 1. The number of rotatable bonds is 3. The second-order valence-corrected chi connectivity index (χ2v) is 8.15. The van der Waals surface area contributed by atoms with Gasteiger partial charge in [0.1, 0.15) is 6.04 Å². The van der Waals surface area contributed by atoms with Gasteiger partial charge in [0.2, 0.25) is 17.7 Å². The average molecular weight is 400 g/mol. The third-order valence-corrected chi connectivity index (χ3v) is 6.13. The van der Waals surface area contributed by atoms with E-state index in [2.05, 4.69) is 11.2 Å². The fourth-order valence-electron chi connectivity index (χ4n) is 4.36. The number of terminal acetylenes is 1. The Morgan fingerprint density at radius 2 is 2.07 bits per heavy atom. The van der Waals surface area contributed by atoms with Crippen LogP contribution in [0.1, 0.15) is 36.8 Å². The molecule has 28 heavy (non-hydrogen) atoms. The second-order valence-electron chi connectivity index (χ2n) is 7.72. The minimum Gasteiger partial charge on any atom is -0.344 e. The fraction of sp³-hybridized carbons (Fsp3) is 0.476. The number of halogens is 1. The Labute approximate surface area is 169 Å². The van der Waals surface area contributed by atoms with Gasteiger partial charge >= 0.3 is 0 Å². The normalized spacial score (nSPS) is 26.1. The van der Waals surface area contributed by atoms with Gasteiger partial charge in [-0.3, -0.25) is 14.4 Å². The molecule has 1 aromatic rings. The van der Waals surface area contributed by atoms with Crippen LogP contribution in [-0.4, -0.2) is 46.1 Å². The molecule has 0 aliphatic carbocycles. The predicted molar refractivity (Wildman–Crippen MR) is 104 cm³/mol. The first kappa shape index (κ1) is 18.8. The minimum absolute atomic E-state index is 0.0803. The monoisotopic (exact) mass is 399 g/mol. The number of nitrogens with zero attached hydrogens (tertiary/aromatic N) is 2. The Morgan fingerprint density at radius 3 is 2.86 bits per heavy atom. The second kappa shape index (κ2) is 7.48. The van der Waals surface area contributed by atoms with Gasteiger partial charge in [-0.25, -0.2) is 0 Å². The van der Waals surface area contributed by atoms with Gasteiger partial charge in [0.05, 0.1) is 6.04 Å². The number of carbonyl (C=O) groups is 3. The largest absolute Gasteiger partial charge is 0.344 e. The molecule has 2 fully saturated rings. The summed E-state index contributed by atoms with van der Waals surface area (Å²) in [5, 5.41) is 3.41. The van der Waals surface area contributed by atoms with Crippen LogP contribution in [0.25, 0.3) is 0 Å². The summed E-state index contributed by atoms with van der Waals surface area (Å²) in [5.41, 5.74) is 2.12. The third-order valence-electron chi connectivity index (χ3n) is 5.90. The van der Waals surface area contributed by atoms with Crippen LogP contribution >= 0.6 is 11.6 Å². The highest BCUT2D eigenvalue weighted by Crippen LogP contribution is 2.29. The van der Waals surface area contributed by atoms with Gasteiger partial charge in [-0.05, 0) is 42.5 Å². The molecular formula is C21H22ClN3O3. The van der Waals surface area contributed by atoms with Crippen LogP contribution in [0.5, 0.6) is 0 Å². The van der Waals surface area contributed by atoms with Crippen molar-refractivity contribution in [2.45, 2.75) is 50.9 Å². The van der Waals surface area contributed by atoms with Crippen molar-refractivity contribution in [1.29, 1.82) is 0 Å². The zero-order valence-electron chi connectivity index (χ0n) is 15.5. The van der Waals surface area contributed by atoms with Gasteiger partial charge in [-0.15, -0.1) is 6.42 Å². The maximum atomic E-state index is 12.7. The molecule has 146 valence electrons. The predicted octanol–water partition coefficient (Wildman–Crippen LogP) is 1.70. The molecule has 3 aliphatic rings. The molecule has 3 amide bonds. The van der Waals surface area contributed by atoms with Crippen LogP contribution < -0.4 is 5.32 Å². The van der Waals surface area contributed by atoms with E-state index in [1.807, 2.05) is 18.2 Å². The Balaban J connectivity index is 1.36. The van der Waals surface area contributed by atoms with Gasteiger partial charge in [0.15, 0.2) is 0 Å². The molecule has 7 heteroatoms. The number of benzene rings is 1. The van der Waals surface area contributed by atoms with Gasteiger partial charge in [0, 0.05) is 37.0 Å². The lowest BCUT2D eigenvalue weighted by atomic mass is 9.99. The summed E-state index contributed by atoms with van der Waals surface area (Å²) in [6.07, 6.45) is 7.62. The van der Waals surface area contributed by atoms with Crippen molar-refractivity contribution >= 4 is 29.3 Å². The van der Waals surface area contributed by atoms with E-state index in [0.717, 1.165) is 24.0 Å². The summed E-state index contributed by atoms with van der Waals surface area (Å²) < 4.78 is 0. The minimum atomic E-state index is -0.589. The van der Waals surface area contributed by atoms with E-state index in [1.54, 1.807) is 9.80 Å². The summed E-state index contributed by atoms with van der Waals surface area (Å²) in [6.45, 7) is 1.65. The quantitative estimate of drug-likeness (QED) is 0.786. The lowest BCUT2D eigenvalue weighted by molar-refractivity contribution is -0.135. The van der Waals surface area contributed by atoms with Crippen molar-refractivity contribution in [2.75, 3.05) is 6.54 Å². The topological polar surface area (TPSA) is 69.7 Å². The first-order valence-corrected chi connectivity index (χ1v) is 9.96. The zero-order valence-corrected chi connectivity index (χ0v) is 16.2. The number of carbonyl (C=O) groups excluding carboxylic acids is 3. The molecule has 3 atom stereocenters. The van der Waals surface area contributed by atoms with Crippen molar-refractivity contribution in [1.82, 2.24) is 15.1 Å².